The van der Waals surface area contributed by atoms with Crippen LogP contribution in [0.3, 0.4) is 0 Å². The minimum Gasteiger partial charge on any atom is -0.484 e. The molecule has 2 N–H and O–H groups in total. The minimum absolute atomic E-state index is 0.0571. The summed E-state index contributed by atoms with van der Waals surface area (Å²) in [7, 11) is 0. The number of nitrogens with one attached hydrogen (secondary N) is 2. The lowest BCUT2D eigenvalue weighted by atomic mass is 10.00. The molecule has 4 nitrogen and oxygen atoms in total. The first-order valence-electron chi connectivity index (χ1n) is 7.87. The van der Waals surface area contributed by atoms with Crippen LogP contribution in [0.5, 0.6) is 5.75 Å². The van der Waals surface area contributed by atoms with Crippen molar-refractivity contribution in [2.45, 2.75) is 31.8 Å². The standard InChI is InChI=1S/C18H22N2O2/c1-13-17(7-4-10-19-13)20-18(21)12-22-16-9-8-14-5-2-3-6-15(14)11-16/h2-3,5-6,8-9,11,13,17,19H,4,7,10,12H2,1H3,(H,20,21). The SMILES string of the molecule is CC1NCCCC1NC(=O)COc1ccc2ccccc2c1. The molecule has 2 atom stereocenters. The maximum Gasteiger partial charge on any atom is 0.258 e. The fourth-order valence-corrected chi connectivity index (χ4v) is 2.90. The molecule has 0 bridgehead atoms. The van der Waals surface area contributed by atoms with Crippen LogP contribution in [0.1, 0.15) is 19.8 Å². The Morgan fingerprint density at radius 3 is 2.91 bits per heavy atom. The predicted molar refractivity (Wildman–Crippen MR) is 88.1 cm³/mol. The van der Waals surface area contributed by atoms with Gasteiger partial charge in [-0.25, -0.2) is 0 Å². The van der Waals surface area contributed by atoms with Gasteiger partial charge in [0.1, 0.15) is 5.75 Å². The van der Waals surface area contributed by atoms with Crippen LogP contribution in [0, 0.1) is 0 Å². The fraction of sp³-hybridized carbons (Fsp3) is 0.389. The van der Waals surface area contributed by atoms with Crippen molar-refractivity contribution in [1.82, 2.24) is 10.6 Å². The normalized spacial score (nSPS) is 21.5. The first-order chi connectivity index (χ1) is 10.7. The van der Waals surface area contributed by atoms with Crippen molar-refractivity contribution in [2.75, 3.05) is 13.2 Å². The van der Waals surface area contributed by atoms with Gasteiger partial charge in [-0.2, -0.15) is 0 Å². The van der Waals surface area contributed by atoms with Crippen molar-refractivity contribution in [3.63, 3.8) is 0 Å². The summed E-state index contributed by atoms with van der Waals surface area (Å²) in [5.74, 6) is 0.664. The lowest BCUT2D eigenvalue weighted by Gasteiger charge is -2.30. The monoisotopic (exact) mass is 298 g/mol. The Morgan fingerprint density at radius 1 is 1.27 bits per heavy atom. The highest BCUT2D eigenvalue weighted by Gasteiger charge is 2.22. The van der Waals surface area contributed by atoms with E-state index in [4.69, 9.17) is 4.74 Å². The van der Waals surface area contributed by atoms with Gasteiger partial charge in [0.15, 0.2) is 6.61 Å². The number of fused-ring (bicyclic) bond motifs is 1. The molecule has 0 radical (unpaired) electrons. The van der Waals surface area contributed by atoms with Gasteiger partial charge in [0.2, 0.25) is 0 Å². The summed E-state index contributed by atoms with van der Waals surface area (Å²) in [4.78, 5) is 12.0. The highest BCUT2D eigenvalue weighted by atomic mass is 16.5. The molecule has 0 saturated carbocycles. The Balaban J connectivity index is 1.55. The molecule has 2 aromatic rings. The van der Waals surface area contributed by atoms with E-state index in [0.29, 0.717) is 6.04 Å². The zero-order chi connectivity index (χ0) is 15.4. The number of carbonyl (C=O) groups is 1. The van der Waals surface area contributed by atoms with Crippen LogP contribution < -0.4 is 15.4 Å². The van der Waals surface area contributed by atoms with Gasteiger partial charge in [-0.1, -0.05) is 30.3 Å². The summed E-state index contributed by atoms with van der Waals surface area (Å²) < 4.78 is 5.62. The van der Waals surface area contributed by atoms with Crippen LogP contribution in [-0.2, 0) is 4.79 Å². The second kappa shape index (κ2) is 6.79. The summed E-state index contributed by atoms with van der Waals surface area (Å²) >= 11 is 0. The van der Waals surface area contributed by atoms with Crippen LogP contribution in [0.2, 0.25) is 0 Å². The third-order valence-electron chi connectivity index (χ3n) is 4.20. The van der Waals surface area contributed by atoms with E-state index in [9.17, 15) is 4.79 Å². The van der Waals surface area contributed by atoms with E-state index in [1.165, 1.54) is 5.39 Å². The molecule has 1 saturated heterocycles. The Kier molecular flexibility index (Phi) is 4.59. The average molecular weight is 298 g/mol. The van der Waals surface area contributed by atoms with Gasteiger partial charge < -0.3 is 15.4 Å². The van der Waals surface area contributed by atoms with E-state index in [2.05, 4.69) is 23.6 Å². The first-order valence-corrected chi connectivity index (χ1v) is 7.87. The van der Waals surface area contributed by atoms with Gasteiger partial charge in [-0.3, -0.25) is 4.79 Å². The van der Waals surface area contributed by atoms with Gasteiger partial charge in [-0.15, -0.1) is 0 Å². The third kappa shape index (κ3) is 3.57. The maximum atomic E-state index is 12.0. The van der Waals surface area contributed by atoms with Gasteiger partial charge >= 0.3 is 0 Å². The van der Waals surface area contributed by atoms with Crippen LogP contribution in [0.4, 0.5) is 0 Å². The van der Waals surface area contributed by atoms with Crippen molar-refractivity contribution in [1.29, 1.82) is 0 Å². The number of piperidine rings is 1. The summed E-state index contributed by atoms with van der Waals surface area (Å²) in [6.07, 6.45) is 2.12. The Morgan fingerprint density at radius 2 is 2.09 bits per heavy atom. The number of carbonyl (C=O) groups excluding carboxylic acids is 1. The molecule has 1 aliphatic rings. The van der Waals surface area contributed by atoms with Crippen LogP contribution in [-0.4, -0.2) is 31.1 Å². The quantitative estimate of drug-likeness (QED) is 0.911. The molecule has 3 rings (SSSR count). The predicted octanol–water partition coefficient (Wildman–Crippen LogP) is 2.48. The number of rotatable bonds is 4. The number of hydrogen-bond donors (Lipinski definition) is 2. The topological polar surface area (TPSA) is 50.4 Å². The molecule has 116 valence electrons. The lowest BCUT2D eigenvalue weighted by molar-refractivity contribution is -0.124. The second-order valence-electron chi connectivity index (χ2n) is 5.86. The van der Waals surface area contributed by atoms with Crippen molar-refractivity contribution in [2.24, 2.45) is 0 Å². The van der Waals surface area contributed by atoms with E-state index in [0.717, 1.165) is 30.5 Å². The first kappa shape index (κ1) is 14.9. The van der Waals surface area contributed by atoms with Crippen LogP contribution >= 0.6 is 0 Å². The summed E-state index contributed by atoms with van der Waals surface area (Å²) in [5.41, 5.74) is 0. The van der Waals surface area contributed by atoms with Gasteiger partial charge in [0.05, 0.1) is 0 Å². The van der Waals surface area contributed by atoms with Crippen molar-refractivity contribution < 1.29 is 9.53 Å². The summed E-state index contributed by atoms with van der Waals surface area (Å²) in [5, 5.41) is 8.71. The minimum atomic E-state index is -0.0614. The lowest BCUT2D eigenvalue weighted by Crippen LogP contribution is -2.52. The molecule has 1 heterocycles. The van der Waals surface area contributed by atoms with E-state index in [1.54, 1.807) is 0 Å². The molecule has 2 unspecified atom stereocenters. The smallest absolute Gasteiger partial charge is 0.258 e. The number of ether oxygens (including phenoxy) is 1. The van der Waals surface area contributed by atoms with E-state index >= 15 is 0 Å². The zero-order valence-electron chi connectivity index (χ0n) is 12.8. The van der Waals surface area contributed by atoms with Crippen molar-refractivity contribution >= 4 is 16.7 Å². The highest BCUT2D eigenvalue weighted by molar-refractivity contribution is 5.84. The molecule has 0 aromatic heterocycles. The number of benzene rings is 2. The van der Waals surface area contributed by atoms with E-state index in [-0.39, 0.29) is 18.6 Å². The van der Waals surface area contributed by atoms with Crippen molar-refractivity contribution in [3.8, 4) is 5.75 Å². The van der Waals surface area contributed by atoms with Crippen LogP contribution in [0.15, 0.2) is 42.5 Å². The summed E-state index contributed by atoms with van der Waals surface area (Å²) in [6.45, 7) is 3.19. The highest BCUT2D eigenvalue weighted by Crippen LogP contribution is 2.20. The fourth-order valence-electron chi connectivity index (χ4n) is 2.90. The molecular formula is C18H22N2O2. The van der Waals surface area contributed by atoms with Gasteiger partial charge in [0, 0.05) is 12.1 Å². The van der Waals surface area contributed by atoms with Crippen LogP contribution in [0.25, 0.3) is 10.8 Å². The summed E-state index contributed by atoms with van der Waals surface area (Å²) in [6, 6.07) is 14.5. The Bertz CT molecular complexity index is 656. The maximum absolute atomic E-state index is 12.0. The number of amides is 1. The molecule has 1 aliphatic heterocycles. The van der Waals surface area contributed by atoms with E-state index in [1.807, 2.05) is 36.4 Å². The van der Waals surface area contributed by atoms with Gasteiger partial charge in [-0.05, 0) is 49.2 Å². The molecule has 0 spiro atoms. The zero-order valence-corrected chi connectivity index (χ0v) is 12.8. The number of hydrogen-bond acceptors (Lipinski definition) is 3. The third-order valence-corrected chi connectivity index (χ3v) is 4.20. The average Bonchev–Trinajstić information content (AvgIpc) is 2.55. The Hall–Kier alpha value is -2.07. The molecule has 1 amide bonds. The van der Waals surface area contributed by atoms with Gasteiger partial charge in [0.25, 0.3) is 5.91 Å². The largest absolute Gasteiger partial charge is 0.484 e. The molecule has 1 fully saturated rings. The molecule has 22 heavy (non-hydrogen) atoms. The molecule has 0 aliphatic carbocycles. The molecular weight excluding hydrogens is 276 g/mol. The molecule has 2 aromatic carbocycles. The van der Waals surface area contributed by atoms with E-state index < -0.39 is 0 Å². The molecule has 4 heteroatoms. The Labute approximate surface area is 130 Å². The second-order valence-corrected chi connectivity index (χ2v) is 5.86. The van der Waals surface area contributed by atoms with Crippen molar-refractivity contribution in [3.05, 3.63) is 42.5 Å².